The van der Waals surface area contributed by atoms with Crippen LogP contribution in [-0.4, -0.2) is 25.8 Å². The number of nitrogens with zero attached hydrogens (tertiary/aromatic N) is 1. The summed E-state index contributed by atoms with van der Waals surface area (Å²) in [7, 11) is -3.22. The molecule has 4 nitrogen and oxygen atoms in total. The molecule has 112 valence electrons. The monoisotopic (exact) mass is 296 g/mol. The summed E-state index contributed by atoms with van der Waals surface area (Å²) in [6, 6.07) is 7.52. The number of nitrogens with two attached hydrogens (primary N) is 1. The fraction of sp³-hybridized carbons (Fsp3) is 0.600. The van der Waals surface area contributed by atoms with Crippen LogP contribution < -0.4 is 5.73 Å². The molecule has 0 aliphatic carbocycles. The van der Waals surface area contributed by atoms with E-state index in [2.05, 4.69) is 6.92 Å². The first-order valence-electron chi connectivity index (χ1n) is 7.31. The Hall–Kier alpha value is -0.910. The molecule has 0 radical (unpaired) electrons. The summed E-state index contributed by atoms with van der Waals surface area (Å²) in [5.41, 5.74) is 7.42. The van der Waals surface area contributed by atoms with Crippen LogP contribution >= 0.6 is 0 Å². The SMILES string of the molecule is CCC1CCN(S(=O)(=O)Cc2ccccc2CN)CC1. The molecule has 2 N–H and O–H groups in total. The molecule has 1 aliphatic rings. The number of piperidine rings is 1. The predicted octanol–water partition coefficient (Wildman–Crippen LogP) is 2.10. The highest BCUT2D eigenvalue weighted by molar-refractivity contribution is 7.88. The van der Waals surface area contributed by atoms with E-state index in [0.717, 1.165) is 30.4 Å². The third-order valence-corrected chi connectivity index (χ3v) is 6.05. The van der Waals surface area contributed by atoms with Gasteiger partial charge in [-0.3, -0.25) is 0 Å². The van der Waals surface area contributed by atoms with Crippen LogP contribution in [0.25, 0.3) is 0 Å². The molecule has 0 spiro atoms. The van der Waals surface area contributed by atoms with Crippen molar-refractivity contribution in [3.8, 4) is 0 Å². The van der Waals surface area contributed by atoms with E-state index in [4.69, 9.17) is 5.73 Å². The topological polar surface area (TPSA) is 63.4 Å². The van der Waals surface area contributed by atoms with E-state index in [1.54, 1.807) is 4.31 Å². The van der Waals surface area contributed by atoms with Crippen LogP contribution in [0.3, 0.4) is 0 Å². The average molecular weight is 296 g/mol. The lowest BCUT2D eigenvalue weighted by molar-refractivity contribution is 0.269. The van der Waals surface area contributed by atoms with Crippen molar-refractivity contribution in [3.05, 3.63) is 35.4 Å². The Labute approximate surface area is 122 Å². The van der Waals surface area contributed by atoms with Gasteiger partial charge >= 0.3 is 0 Å². The maximum Gasteiger partial charge on any atom is 0.218 e. The Balaban J connectivity index is 2.08. The lowest BCUT2D eigenvalue weighted by atomic mass is 9.96. The van der Waals surface area contributed by atoms with Crippen molar-refractivity contribution in [2.45, 2.75) is 38.5 Å². The van der Waals surface area contributed by atoms with Crippen LogP contribution in [0.5, 0.6) is 0 Å². The molecule has 1 aliphatic heterocycles. The second-order valence-corrected chi connectivity index (χ2v) is 7.45. The molecule has 0 amide bonds. The van der Waals surface area contributed by atoms with Gasteiger partial charge in [-0.25, -0.2) is 12.7 Å². The van der Waals surface area contributed by atoms with Gasteiger partial charge in [-0.1, -0.05) is 37.6 Å². The first kappa shape index (κ1) is 15.5. The van der Waals surface area contributed by atoms with E-state index in [-0.39, 0.29) is 5.75 Å². The van der Waals surface area contributed by atoms with E-state index in [1.165, 1.54) is 0 Å². The van der Waals surface area contributed by atoms with Gasteiger partial charge in [0.15, 0.2) is 0 Å². The second-order valence-electron chi connectivity index (χ2n) is 5.48. The molecule has 1 aromatic rings. The molecule has 5 heteroatoms. The first-order valence-corrected chi connectivity index (χ1v) is 8.92. The summed E-state index contributed by atoms with van der Waals surface area (Å²) in [4.78, 5) is 0. The number of hydrogen-bond donors (Lipinski definition) is 1. The van der Waals surface area contributed by atoms with E-state index >= 15 is 0 Å². The van der Waals surface area contributed by atoms with Crippen LogP contribution in [0.15, 0.2) is 24.3 Å². The Kier molecular flexibility index (Phi) is 5.18. The molecule has 0 atom stereocenters. The van der Waals surface area contributed by atoms with Crippen LogP contribution in [0, 0.1) is 5.92 Å². The van der Waals surface area contributed by atoms with E-state index in [9.17, 15) is 8.42 Å². The van der Waals surface area contributed by atoms with Crippen molar-refractivity contribution in [1.82, 2.24) is 4.31 Å². The van der Waals surface area contributed by atoms with Gasteiger partial charge < -0.3 is 5.73 Å². The van der Waals surface area contributed by atoms with Crippen molar-refractivity contribution in [1.29, 1.82) is 0 Å². The minimum absolute atomic E-state index is 0.0666. The summed E-state index contributed by atoms with van der Waals surface area (Å²) in [5, 5.41) is 0. The zero-order valence-corrected chi connectivity index (χ0v) is 12.9. The second kappa shape index (κ2) is 6.70. The third-order valence-electron chi connectivity index (χ3n) is 4.22. The zero-order valence-electron chi connectivity index (χ0n) is 12.1. The number of hydrogen-bond acceptors (Lipinski definition) is 3. The number of sulfonamides is 1. The smallest absolute Gasteiger partial charge is 0.218 e. The predicted molar refractivity (Wildman–Crippen MR) is 81.5 cm³/mol. The van der Waals surface area contributed by atoms with Gasteiger partial charge in [-0.2, -0.15) is 0 Å². The quantitative estimate of drug-likeness (QED) is 0.905. The van der Waals surface area contributed by atoms with Crippen LogP contribution in [0.2, 0.25) is 0 Å². The van der Waals surface area contributed by atoms with Crippen molar-refractivity contribution in [2.24, 2.45) is 11.7 Å². The van der Waals surface area contributed by atoms with E-state index < -0.39 is 10.0 Å². The molecule has 0 saturated carbocycles. The summed E-state index contributed by atoms with van der Waals surface area (Å²) >= 11 is 0. The highest BCUT2D eigenvalue weighted by Crippen LogP contribution is 2.24. The lowest BCUT2D eigenvalue weighted by Crippen LogP contribution is -2.39. The molecule has 1 aromatic carbocycles. The van der Waals surface area contributed by atoms with Gasteiger partial charge in [0, 0.05) is 19.6 Å². The van der Waals surface area contributed by atoms with Gasteiger partial charge in [0.2, 0.25) is 10.0 Å². The van der Waals surface area contributed by atoms with Crippen molar-refractivity contribution in [3.63, 3.8) is 0 Å². The van der Waals surface area contributed by atoms with Gasteiger partial charge in [-0.05, 0) is 29.9 Å². The highest BCUT2D eigenvalue weighted by atomic mass is 32.2. The van der Waals surface area contributed by atoms with Crippen molar-refractivity contribution in [2.75, 3.05) is 13.1 Å². The Morgan fingerprint density at radius 3 is 2.35 bits per heavy atom. The van der Waals surface area contributed by atoms with Gasteiger partial charge in [0.25, 0.3) is 0 Å². The van der Waals surface area contributed by atoms with Crippen molar-refractivity contribution >= 4 is 10.0 Å². The third kappa shape index (κ3) is 3.59. The zero-order chi connectivity index (χ0) is 14.6. The molecule has 1 heterocycles. The van der Waals surface area contributed by atoms with Crippen LogP contribution in [0.1, 0.15) is 37.3 Å². The molecule has 20 heavy (non-hydrogen) atoms. The average Bonchev–Trinajstić information content (AvgIpc) is 2.47. The number of benzene rings is 1. The Morgan fingerprint density at radius 1 is 1.20 bits per heavy atom. The van der Waals surface area contributed by atoms with Gasteiger partial charge in [0.1, 0.15) is 0 Å². The van der Waals surface area contributed by atoms with Gasteiger partial charge in [0.05, 0.1) is 5.75 Å². The Morgan fingerprint density at radius 2 is 1.80 bits per heavy atom. The fourth-order valence-electron chi connectivity index (χ4n) is 2.78. The maximum atomic E-state index is 12.5. The van der Waals surface area contributed by atoms with Crippen LogP contribution in [-0.2, 0) is 22.3 Å². The highest BCUT2D eigenvalue weighted by Gasteiger charge is 2.27. The molecular formula is C15H24N2O2S. The maximum absolute atomic E-state index is 12.5. The van der Waals surface area contributed by atoms with E-state index in [0.29, 0.717) is 25.6 Å². The van der Waals surface area contributed by atoms with Crippen molar-refractivity contribution < 1.29 is 8.42 Å². The van der Waals surface area contributed by atoms with E-state index in [1.807, 2.05) is 24.3 Å². The number of rotatable bonds is 5. The van der Waals surface area contributed by atoms with Gasteiger partial charge in [-0.15, -0.1) is 0 Å². The molecule has 0 bridgehead atoms. The molecule has 0 unspecified atom stereocenters. The molecule has 2 rings (SSSR count). The Bertz CT molecular complexity index is 535. The minimum Gasteiger partial charge on any atom is -0.326 e. The summed E-state index contributed by atoms with van der Waals surface area (Å²) in [6.45, 7) is 3.87. The largest absolute Gasteiger partial charge is 0.326 e. The summed E-state index contributed by atoms with van der Waals surface area (Å²) < 4.78 is 26.7. The summed E-state index contributed by atoms with van der Waals surface area (Å²) in [6.07, 6.45) is 3.10. The summed E-state index contributed by atoms with van der Waals surface area (Å²) in [5.74, 6) is 0.745. The standard InChI is InChI=1S/C15H24N2O2S/c1-2-13-7-9-17(10-8-13)20(18,19)12-15-6-4-3-5-14(15)11-16/h3-6,13H,2,7-12,16H2,1H3. The fourth-order valence-corrected chi connectivity index (χ4v) is 4.41. The molecule has 1 fully saturated rings. The van der Waals surface area contributed by atoms with Crippen LogP contribution in [0.4, 0.5) is 0 Å². The molecule has 0 aromatic heterocycles. The minimum atomic E-state index is -3.22. The molecule has 1 saturated heterocycles. The lowest BCUT2D eigenvalue weighted by Gasteiger charge is -2.30. The first-order chi connectivity index (χ1) is 9.56. The normalized spacial score (nSPS) is 18.3. The molecular weight excluding hydrogens is 272 g/mol.